The molecular formula is C9H16N2S2. The van der Waals surface area contributed by atoms with E-state index in [4.69, 9.17) is 0 Å². The van der Waals surface area contributed by atoms with E-state index < -0.39 is 0 Å². The van der Waals surface area contributed by atoms with Crippen molar-refractivity contribution in [2.24, 2.45) is 0 Å². The van der Waals surface area contributed by atoms with Gasteiger partial charge in [-0.1, -0.05) is 0 Å². The van der Waals surface area contributed by atoms with Crippen molar-refractivity contribution in [3.8, 4) is 0 Å². The average molecular weight is 216 g/mol. The average Bonchev–Trinajstić information content (AvgIpc) is 2.54. The number of thioether (sulfide) groups is 1. The topological polar surface area (TPSA) is 24.9 Å². The summed E-state index contributed by atoms with van der Waals surface area (Å²) >= 11 is 3.63. The molecule has 0 fully saturated rings. The summed E-state index contributed by atoms with van der Waals surface area (Å²) in [6, 6.07) is 0.436. The molecule has 0 bridgehead atoms. The predicted octanol–water partition coefficient (Wildman–Crippen LogP) is 2.47. The maximum absolute atomic E-state index is 4.48. The predicted molar refractivity (Wildman–Crippen MR) is 61.7 cm³/mol. The van der Waals surface area contributed by atoms with Gasteiger partial charge in [0.2, 0.25) is 0 Å². The fourth-order valence-electron chi connectivity index (χ4n) is 1.16. The van der Waals surface area contributed by atoms with Gasteiger partial charge in [0.05, 0.1) is 6.04 Å². The van der Waals surface area contributed by atoms with Crippen LogP contribution in [0.1, 0.15) is 23.2 Å². The molecular weight excluding hydrogens is 200 g/mol. The third kappa shape index (κ3) is 3.29. The van der Waals surface area contributed by atoms with Gasteiger partial charge in [-0.3, -0.25) is 0 Å². The van der Waals surface area contributed by atoms with Gasteiger partial charge in [-0.2, -0.15) is 11.8 Å². The minimum Gasteiger partial charge on any atom is -0.311 e. The monoisotopic (exact) mass is 216 g/mol. The third-order valence-electron chi connectivity index (χ3n) is 1.89. The van der Waals surface area contributed by atoms with Gasteiger partial charge in [0.15, 0.2) is 0 Å². The van der Waals surface area contributed by atoms with Crippen LogP contribution in [0.3, 0.4) is 0 Å². The minimum atomic E-state index is 0.436. The first-order chi connectivity index (χ1) is 6.27. The van der Waals surface area contributed by atoms with Crippen molar-refractivity contribution >= 4 is 23.1 Å². The molecule has 13 heavy (non-hydrogen) atoms. The summed E-state index contributed by atoms with van der Waals surface area (Å²) in [6.07, 6.45) is 3.30. The van der Waals surface area contributed by atoms with E-state index in [9.17, 15) is 0 Å². The summed E-state index contributed by atoms with van der Waals surface area (Å²) in [6.45, 7) is 2.04. The van der Waals surface area contributed by atoms with Crippen LogP contribution in [0.25, 0.3) is 0 Å². The van der Waals surface area contributed by atoms with Gasteiger partial charge >= 0.3 is 0 Å². The van der Waals surface area contributed by atoms with Crippen LogP contribution in [0.15, 0.2) is 5.38 Å². The van der Waals surface area contributed by atoms with E-state index in [-0.39, 0.29) is 0 Å². The normalized spacial score (nSPS) is 13.2. The number of hydrogen-bond donors (Lipinski definition) is 1. The molecule has 0 aliphatic heterocycles. The Morgan fingerprint density at radius 1 is 1.69 bits per heavy atom. The van der Waals surface area contributed by atoms with Crippen LogP contribution in [-0.2, 0) is 0 Å². The first-order valence-corrected chi connectivity index (χ1v) is 6.63. The Morgan fingerprint density at radius 3 is 2.92 bits per heavy atom. The van der Waals surface area contributed by atoms with Crippen LogP contribution >= 0.6 is 23.1 Å². The lowest BCUT2D eigenvalue weighted by Crippen LogP contribution is -2.16. The lowest BCUT2D eigenvalue weighted by Gasteiger charge is -2.11. The molecule has 0 amide bonds. The van der Waals surface area contributed by atoms with E-state index in [0.717, 1.165) is 12.1 Å². The van der Waals surface area contributed by atoms with Gasteiger partial charge in [0, 0.05) is 11.1 Å². The molecule has 1 unspecified atom stereocenters. The summed E-state index contributed by atoms with van der Waals surface area (Å²) in [4.78, 5) is 4.48. The molecule has 1 N–H and O–H groups in total. The van der Waals surface area contributed by atoms with Gasteiger partial charge in [-0.25, -0.2) is 4.98 Å². The molecule has 0 saturated heterocycles. The number of hydrogen-bond acceptors (Lipinski definition) is 4. The SMILES string of the molecule is CNC(CCSC)c1nc(C)cs1. The van der Waals surface area contributed by atoms with Crippen molar-refractivity contribution < 1.29 is 0 Å². The standard InChI is InChI=1S/C9H16N2S2/c1-7-6-13-9(11-7)8(10-2)4-5-12-3/h6,8,10H,4-5H2,1-3H3. The highest BCUT2D eigenvalue weighted by Crippen LogP contribution is 2.21. The maximum Gasteiger partial charge on any atom is 0.110 e. The summed E-state index contributed by atoms with van der Waals surface area (Å²) < 4.78 is 0. The number of aromatic nitrogens is 1. The van der Waals surface area contributed by atoms with Crippen LogP contribution in [0, 0.1) is 6.92 Å². The Balaban J connectivity index is 2.56. The van der Waals surface area contributed by atoms with Gasteiger partial charge in [-0.15, -0.1) is 11.3 Å². The fourth-order valence-corrected chi connectivity index (χ4v) is 2.57. The van der Waals surface area contributed by atoms with Crippen molar-refractivity contribution in [1.29, 1.82) is 0 Å². The zero-order chi connectivity index (χ0) is 9.68. The second-order valence-corrected chi connectivity index (χ2v) is 4.83. The van der Waals surface area contributed by atoms with E-state index in [0.29, 0.717) is 6.04 Å². The van der Waals surface area contributed by atoms with Crippen LogP contribution in [0.5, 0.6) is 0 Å². The van der Waals surface area contributed by atoms with Gasteiger partial charge in [0.25, 0.3) is 0 Å². The first-order valence-electron chi connectivity index (χ1n) is 4.36. The number of aryl methyl sites for hydroxylation is 1. The van der Waals surface area contributed by atoms with Gasteiger partial charge < -0.3 is 5.32 Å². The van der Waals surface area contributed by atoms with E-state index in [1.165, 1.54) is 10.8 Å². The van der Waals surface area contributed by atoms with Crippen LogP contribution in [0.2, 0.25) is 0 Å². The Hall–Kier alpha value is -0.0600. The van der Waals surface area contributed by atoms with E-state index >= 15 is 0 Å². The third-order valence-corrected chi connectivity index (χ3v) is 3.61. The van der Waals surface area contributed by atoms with Crippen LogP contribution < -0.4 is 5.32 Å². The fraction of sp³-hybridized carbons (Fsp3) is 0.667. The first kappa shape index (κ1) is 11.0. The molecule has 1 aromatic heterocycles. The summed E-state index contributed by atoms with van der Waals surface area (Å²) in [5.41, 5.74) is 1.13. The Kier molecular flexibility index (Phi) is 4.77. The van der Waals surface area contributed by atoms with E-state index in [2.05, 4.69) is 21.9 Å². The molecule has 0 aromatic carbocycles. The molecule has 1 aromatic rings. The molecule has 1 rings (SSSR count). The second-order valence-electron chi connectivity index (χ2n) is 2.95. The summed E-state index contributed by atoms with van der Waals surface area (Å²) in [7, 11) is 2.00. The molecule has 0 aliphatic rings. The molecule has 0 aliphatic carbocycles. The molecule has 4 heteroatoms. The molecule has 0 radical (unpaired) electrons. The Bertz CT molecular complexity index is 248. The number of nitrogens with zero attached hydrogens (tertiary/aromatic N) is 1. The molecule has 1 atom stereocenters. The summed E-state index contributed by atoms with van der Waals surface area (Å²) in [5, 5.41) is 6.63. The van der Waals surface area contributed by atoms with Crippen molar-refractivity contribution in [1.82, 2.24) is 10.3 Å². The molecule has 2 nitrogen and oxygen atoms in total. The molecule has 0 spiro atoms. The summed E-state index contributed by atoms with van der Waals surface area (Å²) in [5.74, 6) is 1.18. The molecule has 74 valence electrons. The van der Waals surface area contributed by atoms with Crippen molar-refractivity contribution in [2.45, 2.75) is 19.4 Å². The smallest absolute Gasteiger partial charge is 0.110 e. The molecule has 0 saturated carbocycles. The van der Waals surface area contributed by atoms with Crippen molar-refractivity contribution in [3.05, 3.63) is 16.1 Å². The van der Waals surface area contributed by atoms with E-state index in [1.54, 1.807) is 11.3 Å². The highest BCUT2D eigenvalue weighted by molar-refractivity contribution is 7.98. The lowest BCUT2D eigenvalue weighted by atomic mass is 10.2. The lowest BCUT2D eigenvalue weighted by molar-refractivity contribution is 0.577. The zero-order valence-corrected chi connectivity index (χ0v) is 9.97. The Labute approximate surface area is 88.2 Å². The highest BCUT2D eigenvalue weighted by Gasteiger charge is 2.11. The number of thiazole rings is 1. The largest absolute Gasteiger partial charge is 0.311 e. The quantitative estimate of drug-likeness (QED) is 0.818. The zero-order valence-electron chi connectivity index (χ0n) is 8.33. The van der Waals surface area contributed by atoms with Crippen molar-refractivity contribution in [2.75, 3.05) is 19.1 Å². The second kappa shape index (κ2) is 5.62. The number of nitrogens with one attached hydrogen (secondary N) is 1. The van der Waals surface area contributed by atoms with E-state index in [1.807, 2.05) is 25.7 Å². The maximum atomic E-state index is 4.48. The van der Waals surface area contributed by atoms with Crippen LogP contribution in [0.4, 0.5) is 0 Å². The van der Waals surface area contributed by atoms with Gasteiger partial charge in [0.1, 0.15) is 5.01 Å². The highest BCUT2D eigenvalue weighted by atomic mass is 32.2. The van der Waals surface area contributed by atoms with Crippen LogP contribution in [-0.4, -0.2) is 24.0 Å². The van der Waals surface area contributed by atoms with Gasteiger partial charge in [-0.05, 0) is 32.4 Å². The van der Waals surface area contributed by atoms with Crippen molar-refractivity contribution in [3.63, 3.8) is 0 Å². The number of rotatable bonds is 5. The molecule has 1 heterocycles. The minimum absolute atomic E-state index is 0.436. The Morgan fingerprint density at radius 2 is 2.46 bits per heavy atom.